The molecule has 0 fully saturated rings. The summed E-state index contributed by atoms with van der Waals surface area (Å²) in [4.78, 5) is 28.6. The molecule has 2 rings (SSSR count). The van der Waals surface area contributed by atoms with Gasteiger partial charge in [0, 0.05) is 23.5 Å². The van der Waals surface area contributed by atoms with E-state index in [4.69, 9.17) is 16.3 Å². The number of amides is 2. The van der Waals surface area contributed by atoms with Crippen LogP contribution in [0.2, 0.25) is 5.02 Å². The molecule has 1 heterocycles. The number of anilines is 1. The summed E-state index contributed by atoms with van der Waals surface area (Å²) >= 11 is 6.37. The highest BCUT2D eigenvalue weighted by molar-refractivity contribution is 7.70. The molecule has 0 aliphatic rings. The number of carbonyl (C=O) groups excluding carboxylic acids is 2. The molecule has 176 valence electrons. The van der Waals surface area contributed by atoms with Gasteiger partial charge in [0.05, 0.1) is 13.2 Å². The van der Waals surface area contributed by atoms with Gasteiger partial charge in [-0.3, -0.25) is 10.1 Å². The molecule has 1 aromatic carbocycles. The quantitative estimate of drug-likeness (QED) is 0.368. The molecule has 2 aromatic rings. The number of benzene rings is 1. The Morgan fingerprint density at radius 1 is 1.22 bits per heavy atom. The van der Waals surface area contributed by atoms with Crippen molar-refractivity contribution in [2.24, 2.45) is 0 Å². The van der Waals surface area contributed by atoms with Gasteiger partial charge in [-0.25, -0.2) is 22.5 Å². The second-order valence-corrected chi connectivity index (χ2v) is 8.61. The van der Waals surface area contributed by atoms with Crippen molar-refractivity contribution in [3.8, 4) is 0 Å². The number of rotatable bonds is 11. The van der Waals surface area contributed by atoms with Crippen molar-refractivity contribution in [2.45, 2.75) is 53.0 Å². The number of aromatic nitrogens is 2. The number of unbranched alkanes of at least 4 members (excludes halogenated alkanes) is 2. The van der Waals surface area contributed by atoms with Crippen molar-refractivity contribution in [2.75, 3.05) is 18.5 Å². The maximum absolute atomic E-state index is 12.7. The fraction of sp³-hybridized carbons (Fsp3) is 0.476. The number of imidazole rings is 1. The highest BCUT2D eigenvalue weighted by atomic mass is 35.5. The van der Waals surface area contributed by atoms with Gasteiger partial charge in [0.2, 0.25) is 10.9 Å². The Balaban J connectivity index is 2.12. The minimum Gasteiger partial charge on any atom is -0.449 e. The average Bonchev–Trinajstić information content (AvgIpc) is 3.11. The van der Waals surface area contributed by atoms with E-state index in [-0.39, 0.29) is 12.2 Å². The van der Waals surface area contributed by atoms with E-state index in [2.05, 4.69) is 10.3 Å². The second-order valence-electron chi connectivity index (χ2n) is 7.24. The first kappa shape index (κ1) is 25.7. The first-order valence-corrected chi connectivity index (χ1v) is 12.0. The fourth-order valence-corrected chi connectivity index (χ4v) is 3.75. The molecular weight excluding hydrogens is 456 g/mol. The van der Waals surface area contributed by atoms with E-state index in [9.17, 15) is 18.0 Å². The normalized spacial score (nSPS) is 10.9. The Bertz CT molecular complexity index is 1010. The molecule has 1 aromatic heterocycles. The molecule has 0 saturated carbocycles. The average molecular weight is 485 g/mol. The number of thiol groups is 1. The zero-order chi connectivity index (χ0) is 23.7. The molecule has 2 amide bonds. The van der Waals surface area contributed by atoms with Gasteiger partial charge in [-0.2, -0.15) is 0 Å². The summed E-state index contributed by atoms with van der Waals surface area (Å²) in [6.07, 6.45) is 4.05. The number of aryl methyl sites for hydroxylation is 1. The van der Waals surface area contributed by atoms with Crippen LogP contribution in [0.15, 0.2) is 24.4 Å². The molecule has 0 spiro atoms. The SMILES string of the molecule is CCCCCN(C(=O)c1cn(Cc2ccc(NC(=O)OCCC)cc2Cl)c(C)n1)[SH](=O)=O. The molecule has 0 atom stereocenters. The van der Waals surface area contributed by atoms with E-state index in [1.165, 1.54) is 6.20 Å². The summed E-state index contributed by atoms with van der Waals surface area (Å²) in [7, 11) is -3.04. The van der Waals surface area contributed by atoms with Crippen LogP contribution in [0.3, 0.4) is 0 Å². The molecular formula is C21H29ClN4O5S. The minimum atomic E-state index is -3.04. The second kappa shape index (κ2) is 12.4. The van der Waals surface area contributed by atoms with E-state index in [1.807, 2.05) is 13.8 Å². The summed E-state index contributed by atoms with van der Waals surface area (Å²) in [6.45, 7) is 6.42. The Morgan fingerprint density at radius 2 is 1.97 bits per heavy atom. The van der Waals surface area contributed by atoms with Crippen LogP contribution in [0.4, 0.5) is 10.5 Å². The van der Waals surface area contributed by atoms with Crippen LogP contribution < -0.4 is 5.32 Å². The van der Waals surface area contributed by atoms with E-state index >= 15 is 0 Å². The molecule has 1 N–H and O–H groups in total. The maximum Gasteiger partial charge on any atom is 0.411 e. The van der Waals surface area contributed by atoms with Crippen molar-refractivity contribution in [1.82, 2.24) is 13.9 Å². The van der Waals surface area contributed by atoms with Gasteiger partial charge in [0.25, 0.3) is 5.91 Å². The number of halogens is 1. The Labute approximate surface area is 194 Å². The third-order valence-corrected chi connectivity index (χ3v) is 5.81. The lowest BCUT2D eigenvalue weighted by Gasteiger charge is -2.13. The predicted molar refractivity (Wildman–Crippen MR) is 124 cm³/mol. The molecule has 0 saturated heterocycles. The molecule has 0 unspecified atom stereocenters. The minimum absolute atomic E-state index is 0.0614. The standard InChI is InChI=1S/C21H29ClN4O5S/c1-4-6-7-10-26(32(29)30)20(27)19-14-25(15(3)23-19)13-16-8-9-17(12-18(16)22)24-21(28)31-11-5-2/h8-9,12,14,32H,4-7,10-11,13H2,1-3H3,(H,24,28). The predicted octanol–water partition coefficient (Wildman–Crippen LogP) is 4.01. The van der Waals surface area contributed by atoms with Crippen molar-refractivity contribution >= 4 is 40.2 Å². The lowest BCUT2D eigenvalue weighted by molar-refractivity contribution is 0.0858. The third kappa shape index (κ3) is 7.23. The van der Waals surface area contributed by atoms with Crippen LogP contribution in [0.1, 0.15) is 61.4 Å². The number of nitrogens with one attached hydrogen (secondary N) is 1. The van der Waals surface area contributed by atoms with Crippen molar-refractivity contribution < 1.29 is 22.7 Å². The molecule has 0 bridgehead atoms. The highest BCUT2D eigenvalue weighted by Gasteiger charge is 2.21. The van der Waals surface area contributed by atoms with Crippen LogP contribution in [-0.2, 0) is 22.2 Å². The zero-order valence-corrected chi connectivity index (χ0v) is 20.1. The first-order valence-electron chi connectivity index (χ1n) is 10.5. The summed E-state index contributed by atoms with van der Waals surface area (Å²) in [6, 6.07) is 5.06. The number of hydrogen-bond donors (Lipinski definition) is 2. The van der Waals surface area contributed by atoms with Gasteiger partial charge >= 0.3 is 6.09 Å². The number of nitrogens with zero attached hydrogens (tertiary/aromatic N) is 3. The van der Waals surface area contributed by atoms with Crippen LogP contribution in [-0.4, -0.2) is 47.4 Å². The molecule has 0 radical (unpaired) electrons. The lowest BCUT2D eigenvalue weighted by Crippen LogP contribution is -2.30. The van der Waals surface area contributed by atoms with Gasteiger partial charge in [-0.15, -0.1) is 0 Å². The van der Waals surface area contributed by atoms with Gasteiger partial charge < -0.3 is 9.30 Å². The van der Waals surface area contributed by atoms with E-state index < -0.39 is 22.9 Å². The Morgan fingerprint density at radius 3 is 2.59 bits per heavy atom. The zero-order valence-electron chi connectivity index (χ0n) is 18.5. The van der Waals surface area contributed by atoms with E-state index in [0.717, 1.165) is 29.1 Å². The Kier molecular flexibility index (Phi) is 9.98. The highest BCUT2D eigenvalue weighted by Crippen LogP contribution is 2.23. The van der Waals surface area contributed by atoms with Gasteiger partial charge in [0.15, 0.2) is 0 Å². The smallest absolute Gasteiger partial charge is 0.411 e. The maximum atomic E-state index is 12.7. The molecule has 0 aliphatic heterocycles. The first-order chi connectivity index (χ1) is 15.3. The largest absolute Gasteiger partial charge is 0.449 e. The molecule has 9 nitrogen and oxygen atoms in total. The van der Waals surface area contributed by atoms with Crippen molar-refractivity contribution in [3.63, 3.8) is 0 Å². The number of hydrogen-bond acceptors (Lipinski definition) is 6. The number of carbonyl (C=O) groups is 2. The number of ether oxygens (including phenoxy) is 1. The van der Waals surface area contributed by atoms with E-state index in [0.29, 0.717) is 36.1 Å². The van der Waals surface area contributed by atoms with Crippen LogP contribution >= 0.6 is 11.6 Å². The van der Waals surface area contributed by atoms with Gasteiger partial charge in [0.1, 0.15) is 11.5 Å². The summed E-state index contributed by atoms with van der Waals surface area (Å²) < 4.78 is 30.6. The summed E-state index contributed by atoms with van der Waals surface area (Å²) in [5.41, 5.74) is 1.31. The van der Waals surface area contributed by atoms with Gasteiger partial charge in [-0.1, -0.05) is 44.4 Å². The summed E-state index contributed by atoms with van der Waals surface area (Å²) in [5.74, 6) is -0.0975. The monoisotopic (exact) mass is 484 g/mol. The molecule has 32 heavy (non-hydrogen) atoms. The van der Waals surface area contributed by atoms with Gasteiger partial charge in [-0.05, 0) is 37.5 Å². The third-order valence-electron chi connectivity index (χ3n) is 4.68. The Hall–Kier alpha value is -2.59. The van der Waals surface area contributed by atoms with Crippen molar-refractivity contribution in [3.05, 3.63) is 46.5 Å². The van der Waals surface area contributed by atoms with Crippen molar-refractivity contribution in [1.29, 1.82) is 0 Å². The van der Waals surface area contributed by atoms with E-state index in [1.54, 1.807) is 29.7 Å². The van der Waals surface area contributed by atoms with Crippen LogP contribution in [0.25, 0.3) is 0 Å². The van der Waals surface area contributed by atoms with Crippen LogP contribution in [0, 0.1) is 6.92 Å². The van der Waals surface area contributed by atoms with Crippen LogP contribution in [0.5, 0.6) is 0 Å². The molecule has 11 heteroatoms. The fourth-order valence-electron chi connectivity index (χ4n) is 2.96. The molecule has 0 aliphatic carbocycles. The topological polar surface area (TPSA) is 111 Å². The summed E-state index contributed by atoms with van der Waals surface area (Å²) in [5, 5.41) is 3.03. The lowest BCUT2D eigenvalue weighted by atomic mass is 10.2.